The molecule has 88 valence electrons. The lowest BCUT2D eigenvalue weighted by Gasteiger charge is -2.18. The summed E-state index contributed by atoms with van der Waals surface area (Å²) in [6.07, 6.45) is 0. The number of halogens is 1. The molecule has 1 N–H and O–H groups in total. The van der Waals surface area contributed by atoms with Crippen LogP contribution in [0.4, 0.5) is 0 Å². The number of rotatable bonds is 3. The van der Waals surface area contributed by atoms with E-state index in [1.807, 2.05) is 0 Å². The van der Waals surface area contributed by atoms with E-state index in [1.165, 1.54) is 18.2 Å². The number of benzene rings is 1. The number of carboxylic acids is 1. The van der Waals surface area contributed by atoms with E-state index in [-0.39, 0.29) is 11.3 Å². The molecule has 0 aliphatic heterocycles. The van der Waals surface area contributed by atoms with Gasteiger partial charge in [0.15, 0.2) is 5.75 Å². The fraction of sp³-hybridized carbons (Fsp3) is 0.364. The molecule has 0 amide bonds. The van der Waals surface area contributed by atoms with E-state index in [4.69, 9.17) is 26.5 Å². The average Bonchev–Trinajstić information content (AvgIpc) is 2.13. The molecule has 4 nitrogen and oxygen atoms in total. The van der Waals surface area contributed by atoms with Gasteiger partial charge < -0.3 is 9.99 Å². The number of aromatic carboxylic acids is 1. The van der Waals surface area contributed by atoms with E-state index < -0.39 is 11.6 Å². The van der Waals surface area contributed by atoms with Gasteiger partial charge in [0.1, 0.15) is 11.2 Å². The Balaban J connectivity index is 2.93. The second-order valence-electron chi connectivity index (χ2n) is 4.22. The zero-order valence-electron chi connectivity index (χ0n) is 9.28. The standard InChI is InChI=1S/C11H13ClO4/c1-11(2,3)16-15-9-6-7(12)4-5-8(9)10(13)14/h4-6H,1-3H3,(H,13,14). The summed E-state index contributed by atoms with van der Waals surface area (Å²) in [7, 11) is 0. The van der Waals surface area contributed by atoms with Gasteiger partial charge >= 0.3 is 5.97 Å². The van der Waals surface area contributed by atoms with Gasteiger partial charge in [0.05, 0.1) is 0 Å². The summed E-state index contributed by atoms with van der Waals surface area (Å²) in [4.78, 5) is 20.9. The molecule has 0 fully saturated rings. The lowest BCUT2D eigenvalue weighted by atomic mass is 10.2. The van der Waals surface area contributed by atoms with Gasteiger partial charge in [-0.05, 0) is 32.9 Å². The van der Waals surface area contributed by atoms with Crippen LogP contribution in [0.3, 0.4) is 0 Å². The molecule has 0 unspecified atom stereocenters. The topological polar surface area (TPSA) is 55.8 Å². The molecular formula is C11H13ClO4. The number of carbonyl (C=O) groups is 1. The zero-order chi connectivity index (χ0) is 12.3. The van der Waals surface area contributed by atoms with Gasteiger partial charge in [0, 0.05) is 11.1 Å². The van der Waals surface area contributed by atoms with Crippen molar-refractivity contribution in [3.8, 4) is 5.75 Å². The van der Waals surface area contributed by atoms with Crippen LogP contribution in [0.25, 0.3) is 0 Å². The minimum Gasteiger partial charge on any atom is -0.478 e. The van der Waals surface area contributed by atoms with Gasteiger partial charge in [0.2, 0.25) is 0 Å². The fourth-order valence-electron chi connectivity index (χ4n) is 0.912. The molecule has 5 heteroatoms. The summed E-state index contributed by atoms with van der Waals surface area (Å²) >= 11 is 5.74. The molecule has 0 bridgehead atoms. The molecule has 0 aliphatic rings. The summed E-state index contributed by atoms with van der Waals surface area (Å²) in [5.41, 5.74) is -0.522. The molecule has 0 atom stereocenters. The van der Waals surface area contributed by atoms with Crippen LogP contribution < -0.4 is 4.89 Å². The van der Waals surface area contributed by atoms with Gasteiger partial charge in [-0.25, -0.2) is 4.79 Å². The lowest BCUT2D eigenvalue weighted by Crippen LogP contribution is -2.22. The SMILES string of the molecule is CC(C)(C)OOc1cc(Cl)ccc1C(=O)O. The van der Waals surface area contributed by atoms with Crippen LogP contribution in [0.1, 0.15) is 31.1 Å². The van der Waals surface area contributed by atoms with Crippen LogP contribution in [-0.4, -0.2) is 16.7 Å². The Morgan fingerprint density at radius 1 is 1.38 bits per heavy atom. The predicted octanol–water partition coefficient (Wildman–Crippen LogP) is 3.15. The molecule has 16 heavy (non-hydrogen) atoms. The van der Waals surface area contributed by atoms with E-state index in [1.54, 1.807) is 20.8 Å². The van der Waals surface area contributed by atoms with Gasteiger partial charge in [-0.3, -0.25) is 0 Å². The zero-order valence-corrected chi connectivity index (χ0v) is 10.0. The first-order valence-corrected chi connectivity index (χ1v) is 5.06. The summed E-state index contributed by atoms with van der Waals surface area (Å²) in [5.74, 6) is -1.00. The van der Waals surface area contributed by atoms with Gasteiger partial charge in [-0.1, -0.05) is 11.6 Å². The third kappa shape index (κ3) is 3.72. The summed E-state index contributed by atoms with van der Waals surface area (Å²) in [5, 5.41) is 9.29. The molecule has 1 aromatic carbocycles. The fourth-order valence-corrected chi connectivity index (χ4v) is 1.07. The maximum absolute atomic E-state index is 10.9. The van der Waals surface area contributed by atoms with E-state index in [0.29, 0.717) is 5.02 Å². The normalized spacial score (nSPS) is 11.2. The Hall–Kier alpha value is -1.26. The predicted molar refractivity (Wildman–Crippen MR) is 59.9 cm³/mol. The first-order chi connectivity index (χ1) is 7.29. The molecule has 1 rings (SSSR count). The Morgan fingerprint density at radius 2 is 2.00 bits per heavy atom. The molecular weight excluding hydrogens is 232 g/mol. The molecule has 0 aromatic heterocycles. The minimum absolute atomic E-state index is 0.00801. The van der Waals surface area contributed by atoms with Crippen LogP contribution in [0.15, 0.2) is 18.2 Å². The second kappa shape index (κ2) is 4.72. The van der Waals surface area contributed by atoms with Crippen LogP contribution in [0, 0.1) is 0 Å². The van der Waals surface area contributed by atoms with Gasteiger partial charge in [-0.2, -0.15) is 4.89 Å². The Kier molecular flexibility index (Phi) is 3.78. The average molecular weight is 245 g/mol. The van der Waals surface area contributed by atoms with Crippen molar-refractivity contribution in [1.29, 1.82) is 0 Å². The van der Waals surface area contributed by atoms with E-state index >= 15 is 0 Å². The summed E-state index contributed by atoms with van der Waals surface area (Å²) < 4.78 is 0. The summed E-state index contributed by atoms with van der Waals surface area (Å²) in [6.45, 7) is 5.37. The van der Waals surface area contributed by atoms with Crippen LogP contribution in [-0.2, 0) is 4.89 Å². The Bertz CT molecular complexity index is 395. The minimum atomic E-state index is -1.09. The molecule has 0 spiro atoms. The van der Waals surface area contributed by atoms with Crippen molar-refractivity contribution in [3.05, 3.63) is 28.8 Å². The van der Waals surface area contributed by atoms with E-state index in [2.05, 4.69) is 0 Å². The maximum atomic E-state index is 10.9. The van der Waals surface area contributed by atoms with Crippen molar-refractivity contribution >= 4 is 17.6 Å². The largest absolute Gasteiger partial charge is 0.478 e. The van der Waals surface area contributed by atoms with Gasteiger partial charge in [0.25, 0.3) is 0 Å². The Morgan fingerprint density at radius 3 is 2.50 bits per heavy atom. The highest BCUT2D eigenvalue weighted by Gasteiger charge is 2.17. The van der Waals surface area contributed by atoms with Crippen molar-refractivity contribution < 1.29 is 19.7 Å². The highest BCUT2D eigenvalue weighted by molar-refractivity contribution is 6.30. The second-order valence-corrected chi connectivity index (χ2v) is 4.66. The molecule has 0 saturated carbocycles. The lowest BCUT2D eigenvalue weighted by molar-refractivity contribution is -0.274. The summed E-state index contributed by atoms with van der Waals surface area (Å²) in [6, 6.07) is 4.25. The first kappa shape index (κ1) is 12.8. The molecule has 1 aromatic rings. The highest BCUT2D eigenvalue weighted by atomic mass is 35.5. The number of hydrogen-bond donors (Lipinski definition) is 1. The quantitative estimate of drug-likeness (QED) is 0.656. The molecule has 0 aliphatic carbocycles. The van der Waals surface area contributed by atoms with Crippen molar-refractivity contribution in [2.45, 2.75) is 26.4 Å². The third-order valence-electron chi connectivity index (χ3n) is 1.56. The molecule has 0 radical (unpaired) electrons. The highest BCUT2D eigenvalue weighted by Crippen LogP contribution is 2.25. The molecule has 0 saturated heterocycles. The Labute approximate surface area is 98.7 Å². The number of carboxylic acid groups (broad SMARTS) is 1. The van der Waals surface area contributed by atoms with Crippen LogP contribution in [0.2, 0.25) is 5.02 Å². The molecule has 0 heterocycles. The van der Waals surface area contributed by atoms with Crippen LogP contribution >= 0.6 is 11.6 Å². The smallest absolute Gasteiger partial charge is 0.339 e. The van der Waals surface area contributed by atoms with Crippen molar-refractivity contribution in [2.24, 2.45) is 0 Å². The first-order valence-electron chi connectivity index (χ1n) is 4.68. The van der Waals surface area contributed by atoms with Crippen molar-refractivity contribution in [3.63, 3.8) is 0 Å². The monoisotopic (exact) mass is 244 g/mol. The maximum Gasteiger partial charge on any atom is 0.339 e. The van der Waals surface area contributed by atoms with Crippen LogP contribution in [0.5, 0.6) is 5.75 Å². The number of hydrogen-bond acceptors (Lipinski definition) is 3. The third-order valence-corrected chi connectivity index (χ3v) is 1.79. The van der Waals surface area contributed by atoms with Crippen molar-refractivity contribution in [2.75, 3.05) is 0 Å². The van der Waals surface area contributed by atoms with Gasteiger partial charge in [-0.15, -0.1) is 0 Å². The van der Waals surface area contributed by atoms with E-state index in [9.17, 15) is 4.79 Å². The van der Waals surface area contributed by atoms with E-state index in [0.717, 1.165) is 0 Å². The van der Waals surface area contributed by atoms with Crippen molar-refractivity contribution in [1.82, 2.24) is 0 Å².